The van der Waals surface area contributed by atoms with Crippen LogP contribution in [0.3, 0.4) is 0 Å². The molecular weight excluding hydrogens is 230 g/mol. The van der Waals surface area contributed by atoms with Crippen LogP contribution in [0.25, 0.3) is 0 Å². The van der Waals surface area contributed by atoms with Crippen LogP contribution in [0.2, 0.25) is 0 Å². The number of para-hydroxylation sites is 1. The molecule has 0 aliphatic carbocycles. The van der Waals surface area contributed by atoms with Gasteiger partial charge in [-0.15, -0.1) is 23.4 Å². The number of halogens is 1. The average Bonchev–Trinajstić information content (AvgIpc) is 2.80. The topological polar surface area (TPSA) is 21.3 Å². The molecule has 15 heavy (non-hydrogen) atoms. The first-order valence-corrected chi connectivity index (χ1v) is 6.63. The summed E-state index contributed by atoms with van der Waals surface area (Å²) >= 11 is 7.54. The van der Waals surface area contributed by atoms with Gasteiger partial charge in [-0.25, -0.2) is 0 Å². The van der Waals surface area contributed by atoms with Gasteiger partial charge in [0.05, 0.1) is 11.3 Å². The van der Waals surface area contributed by atoms with Crippen LogP contribution in [0, 0.1) is 0 Å². The molecule has 1 saturated heterocycles. The molecule has 0 radical (unpaired) electrons. The fourth-order valence-electron chi connectivity index (χ4n) is 1.60. The molecule has 0 amide bonds. The lowest BCUT2D eigenvalue weighted by atomic mass is 10.2. The summed E-state index contributed by atoms with van der Waals surface area (Å²) in [5, 5.41) is 3.81. The Morgan fingerprint density at radius 1 is 1.47 bits per heavy atom. The highest BCUT2D eigenvalue weighted by atomic mass is 35.5. The van der Waals surface area contributed by atoms with Gasteiger partial charge < -0.3 is 10.1 Å². The molecule has 1 N–H and O–H groups in total. The van der Waals surface area contributed by atoms with Crippen molar-refractivity contribution in [3.8, 4) is 5.75 Å². The van der Waals surface area contributed by atoms with E-state index in [1.807, 2.05) is 30.0 Å². The predicted octanol–water partition coefficient (Wildman–Crippen LogP) is 2.64. The summed E-state index contributed by atoms with van der Waals surface area (Å²) in [5.74, 6) is 2.64. The third-order valence-corrected chi connectivity index (χ3v) is 3.60. The lowest BCUT2D eigenvalue weighted by Gasteiger charge is -2.15. The largest absolute Gasteiger partial charge is 0.492 e. The number of thioether (sulfide) groups is 1. The van der Waals surface area contributed by atoms with Gasteiger partial charge in [0.1, 0.15) is 12.4 Å². The van der Waals surface area contributed by atoms with Crippen LogP contribution in [0.1, 0.15) is 10.9 Å². The number of hydrogen-bond acceptors (Lipinski definition) is 3. The molecule has 0 spiro atoms. The molecule has 0 saturated carbocycles. The molecule has 1 aromatic rings. The standard InChI is InChI=1S/C11H14ClNOS/c12-5-7-14-10-4-2-1-3-9(10)11-13-6-8-15-11/h1-4,11,13H,5-8H2. The molecule has 82 valence electrons. The Hall–Kier alpha value is -0.380. The van der Waals surface area contributed by atoms with E-state index in [2.05, 4.69) is 11.4 Å². The minimum atomic E-state index is 0.372. The minimum absolute atomic E-state index is 0.372. The third-order valence-electron chi connectivity index (χ3n) is 2.25. The van der Waals surface area contributed by atoms with E-state index in [1.165, 1.54) is 5.56 Å². The van der Waals surface area contributed by atoms with E-state index in [0.717, 1.165) is 18.0 Å². The highest BCUT2D eigenvalue weighted by molar-refractivity contribution is 7.99. The molecule has 1 fully saturated rings. The monoisotopic (exact) mass is 243 g/mol. The molecule has 0 bridgehead atoms. The summed E-state index contributed by atoms with van der Waals surface area (Å²) in [4.78, 5) is 0. The van der Waals surface area contributed by atoms with Gasteiger partial charge in [0.2, 0.25) is 0 Å². The fraction of sp³-hybridized carbons (Fsp3) is 0.455. The minimum Gasteiger partial charge on any atom is -0.492 e. The van der Waals surface area contributed by atoms with E-state index in [9.17, 15) is 0 Å². The Balaban J connectivity index is 2.13. The normalized spacial score (nSPS) is 20.5. The van der Waals surface area contributed by atoms with Crippen molar-refractivity contribution in [2.24, 2.45) is 0 Å². The van der Waals surface area contributed by atoms with Crippen molar-refractivity contribution in [1.29, 1.82) is 0 Å². The maximum absolute atomic E-state index is 5.62. The summed E-state index contributed by atoms with van der Waals surface area (Å²) in [5.41, 5.74) is 1.23. The van der Waals surface area contributed by atoms with Gasteiger partial charge >= 0.3 is 0 Å². The van der Waals surface area contributed by atoms with Crippen LogP contribution >= 0.6 is 23.4 Å². The van der Waals surface area contributed by atoms with Crippen LogP contribution in [0.4, 0.5) is 0 Å². The van der Waals surface area contributed by atoms with E-state index in [4.69, 9.17) is 16.3 Å². The molecule has 0 aromatic heterocycles. The summed E-state index contributed by atoms with van der Waals surface area (Å²) in [7, 11) is 0. The summed E-state index contributed by atoms with van der Waals surface area (Å²) in [6, 6.07) is 8.15. The summed E-state index contributed by atoms with van der Waals surface area (Å²) in [6.45, 7) is 1.63. The lowest BCUT2D eigenvalue weighted by Crippen LogP contribution is -2.13. The van der Waals surface area contributed by atoms with Crippen LogP contribution in [0.15, 0.2) is 24.3 Å². The second-order valence-corrected chi connectivity index (χ2v) is 4.87. The Bertz CT molecular complexity index is 315. The van der Waals surface area contributed by atoms with E-state index >= 15 is 0 Å². The zero-order valence-electron chi connectivity index (χ0n) is 8.41. The highest BCUT2D eigenvalue weighted by Gasteiger charge is 2.19. The van der Waals surface area contributed by atoms with Gasteiger partial charge in [-0.1, -0.05) is 18.2 Å². The van der Waals surface area contributed by atoms with Gasteiger partial charge in [-0.05, 0) is 6.07 Å². The maximum atomic E-state index is 5.62. The van der Waals surface area contributed by atoms with E-state index in [-0.39, 0.29) is 0 Å². The van der Waals surface area contributed by atoms with E-state index < -0.39 is 0 Å². The van der Waals surface area contributed by atoms with Gasteiger partial charge in [0, 0.05) is 17.9 Å². The Labute approximate surface area is 99.3 Å². The van der Waals surface area contributed by atoms with Crippen molar-refractivity contribution in [1.82, 2.24) is 5.32 Å². The Morgan fingerprint density at radius 2 is 2.33 bits per heavy atom. The van der Waals surface area contributed by atoms with Crippen molar-refractivity contribution in [2.75, 3.05) is 24.8 Å². The number of benzene rings is 1. The molecule has 1 unspecified atom stereocenters. The van der Waals surface area contributed by atoms with Gasteiger partial charge in [0.15, 0.2) is 0 Å². The molecule has 1 aliphatic heterocycles. The third kappa shape index (κ3) is 2.80. The molecule has 2 rings (SSSR count). The lowest BCUT2D eigenvalue weighted by molar-refractivity contribution is 0.338. The Kier molecular flexibility index (Phi) is 4.18. The van der Waals surface area contributed by atoms with Crippen molar-refractivity contribution < 1.29 is 4.74 Å². The second-order valence-electron chi connectivity index (χ2n) is 3.28. The number of alkyl halides is 1. The maximum Gasteiger partial charge on any atom is 0.124 e. The number of nitrogens with one attached hydrogen (secondary N) is 1. The summed E-state index contributed by atoms with van der Waals surface area (Å²) in [6.07, 6.45) is 0. The van der Waals surface area contributed by atoms with Crippen molar-refractivity contribution in [3.05, 3.63) is 29.8 Å². The van der Waals surface area contributed by atoms with E-state index in [0.29, 0.717) is 17.9 Å². The van der Waals surface area contributed by atoms with Crippen LogP contribution in [-0.4, -0.2) is 24.8 Å². The first kappa shape index (κ1) is 11.1. The highest BCUT2D eigenvalue weighted by Crippen LogP contribution is 2.35. The molecule has 1 aromatic carbocycles. The van der Waals surface area contributed by atoms with Crippen LogP contribution in [-0.2, 0) is 0 Å². The Morgan fingerprint density at radius 3 is 3.07 bits per heavy atom. The molecule has 4 heteroatoms. The SMILES string of the molecule is ClCCOc1ccccc1C1NCCS1. The van der Waals surface area contributed by atoms with Crippen LogP contribution < -0.4 is 10.1 Å². The number of ether oxygens (including phenoxy) is 1. The second kappa shape index (κ2) is 5.64. The van der Waals surface area contributed by atoms with Crippen molar-refractivity contribution in [2.45, 2.75) is 5.37 Å². The van der Waals surface area contributed by atoms with Gasteiger partial charge in [0.25, 0.3) is 0 Å². The molecule has 1 heterocycles. The zero-order chi connectivity index (χ0) is 10.5. The molecular formula is C11H14ClNOS. The van der Waals surface area contributed by atoms with Gasteiger partial charge in [-0.3, -0.25) is 0 Å². The first-order valence-electron chi connectivity index (χ1n) is 5.04. The van der Waals surface area contributed by atoms with Gasteiger partial charge in [-0.2, -0.15) is 0 Å². The fourth-order valence-corrected chi connectivity index (χ4v) is 2.76. The summed E-state index contributed by atoms with van der Waals surface area (Å²) < 4.78 is 5.61. The first-order chi connectivity index (χ1) is 7.42. The smallest absolute Gasteiger partial charge is 0.124 e. The predicted molar refractivity (Wildman–Crippen MR) is 65.9 cm³/mol. The van der Waals surface area contributed by atoms with Crippen molar-refractivity contribution in [3.63, 3.8) is 0 Å². The number of rotatable bonds is 4. The molecule has 1 aliphatic rings. The molecule has 1 atom stereocenters. The quantitative estimate of drug-likeness (QED) is 0.822. The van der Waals surface area contributed by atoms with E-state index in [1.54, 1.807) is 0 Å². The zero-order valence-corrected chi connectivity index (χ0v) is 9.98. The molecule has 2 nitrogen and oxygen atoms in total. The van der Waals surface area contributed by atoms with Crippen molar-refractivity contribution >= 4 is 23.4 Å². The average molecular weight is 244 g/mol. The van der Waals surface area contributed by atoms with Crippen LogP contribution in [0.5, 0.6) is 5.75 Å². The number of hydrogen-bond donors (Lipinski definition) is 1.